The van der Waals surface area contributed by atoms with Crippen LogP contribution in [0, 0.1) is 5.82 Å². The molecule has 0 heterocycles. The molecule has 0 bridgehead atoms. The molecule has 0 fully saturated rings. The van der Waals surface area contributed by atoms with Gasteiger partial charge in [0.25, 0.3) is 0 Å². The molecule has 0 spiro atoms. The Labute approximate surface area is 189 Å². The number of carbonyl (C=O) groups is 1. The molecular weight excluding hydrogens is 489 g/mol. The van der Waals surface area contributed by atoms with E-state index < -0.39 is 43.5 Å². The van der Waals surface area contributed by atoms with Gasteiger partial charge in [0.2, 0.25) is 0 Å². The molecule has 0 aliphatic rings. The van der Waals surface area contributed by atoms with Crippen LogP contribution >= 0.6 is 21.9 Å². The van der Waals surface area contributed by atoms with E-state index in [0.717, 1.165) is 12.1 Å². The molecule has 0 amide bonds. The Morgan fingerprint density at radius 2 is 1.25 bits per heavy atom. The summed E-state index contributed by atoms with van der Waals surface area (Å²) < 4.78 is 77.8. The SMILES string of the molecule is O=C(OCCl)C(F)(F)S(=O)(=O)OS(c1ccccc1)(c1ccccc1)c1ccc(F)cc1. The van der Waals surface area contributed by atoms with E-state index in [4.69, 9.17) is 15.2 Å². The lowest BCUT2D eigenvalue weighted by molar-refractivity contribution is -0.159. The van der Waals surface area contributed by atoms with Crippen LogP contribution < -0.4 is 0 Å². The van der Waals surface area contributed by atoms with E-state index in [-0.39, 0.29) is 14.7 Å². The number of hydrogen-bond donors (Lipinski definition) is 0. The van der Waals surface area contributed by atoms with E-state index >= 15 is 0 Å². The molecule has 0 saturated heterocycles. The third-order valence-electron chi connectivity index (χ3n) is 4.22. The van der Waals surface area contributed by atoms with E-state index in [0.29, 0.717) is 0 Å². The van der Waals surface area contributed by atoms with Crippen molar-refractivity contribution < 1.29 is 34.7 Å². The third-order valence-corrected chi connectivity index (χ3v) is 9.47. The van der Waals surface area contributed by atoms with Gasteiger partial charge in [-0.05, 0) is 58.8 Å². The molecule has 32 heavy (non-hydrogen) atoms. The van der Waals surface area contributed by atoms with Gasteiger partial charge in [-0.2, -0.15) is 17.2 Å². The van der Waals surface area contributed by atoms with Crippen LogP contribution in [0.2, 0.25) is 0 Å². The van der Waals surface area contributed by atoms with Gasteiger partial charge in [0.1, 0.15) is 5.82 Å². The summed E-state index contributed by atoms with van der Waals surface area (Å²) in [6, 6.07) is 19.2. The lowest BCUT2D eigenvalue weighted by Gasteiger charge is -2.39. The van der Waals surface area contributed by atoms with E-state index in [9.17, 15) is 26.4 Å². The summed E-state index contributed by atoms with van der Waals surface area (Å²) in [5.41, 5.74) is 0. The smallest absolute Gasteiger partial charge is 0.444 e. The second-order valence-electron chi connectivity index (χ2n) is 6.22. The first-order chi connectivity index (χ1) is 15.1. The zero-order chi connectivity index (χ0) is 23.4. The molecule has 11 heteroatoms. The molecule has 0 aromatic heterocycles. The zero-order valence-electron chi connectivity index (χ0n) is 16.2. The molecule has 3 rings (SSSR count). The molecular formula is C21H16ClF3O5S2. The predicted octanol–water partition coefficient (Wildman–Crippen LogP) is 5.70. The maximum absolute atomic E-state index is 14.6. The summed E-state index contributed by atoms with van der Waals surface area (Å²) in [4.78, 5) is 12.3. The second-order valence-corrected chi connectivity index (χ2v) is 10.9. The Hall–Kier alpha value is -2.53. The molecule has 3 aromatic carbocycles. The molecule has 0 saturated carbocycles. The van der Waals surface area contributed by atoms with E-state index in [2.05, 4.69) is 4.74 Å². The fourth-order valence-corrected chi connectivity index (χ4v) is 7.93. The molecule has 5 nitrogen and oxygen atoms in total. The van der Waals surface area contributed by atoms with Crippen molar-refractivity contribution in [3.05, 3.63) is 90.7 Å². The van der Waals surface area contributed by atoms with Gasteiger partial charge in [-0.25, -0.2) is 12.8 Å². The summed E-state index contributed by atoms with van der Waals surface area (Å²) in [6.07, 6.45) is 0. The quantitative estimate of drug-likeness (QED) is 0.291. The molecule has 3 aromatic rings. The first-order valence-electron chi connectivity index (χ1n) is 8.91. The van der Waals surface area contributed by atoms with Crippen molar-refractivity contribution in [3.63, 3.8) is 0 Å². The van der Waals surface area contributed by atoms with Gasteiger partial charge in [-0.15, -0.1) is 0 Å². The van der Waals surface area contributed by atoms with Crippen molar-refractivity contribution in [1.82, 2.24) is 0 Å². The van der Waals surface area contributed by atoms with Crippen LogP contribution in [0.4, 0.5) is 13.2 Å². The minimum atomic E-state index is -5.92. The number of alkyl halides is 3. The van der Waals surface area contributed by atoms with Crippen LogP contribution in [0.15, 0.2) is 99.6 Å². The molecule has 0 aliphatic carbocycles. The summed E-state index contributed by atoms with van der Waals surface area (Å²) in [5, 5.41) is -5.05. The lowest BCUT2D eigenvalue weighted by atomic mass is 10.3. The monoisotopic (exact) mass is 504 g/mol. The normalized spacial score (nSPS) is 12.9. The Balaban J connectivity index is 2.32. The van der Waals surface area contributed by atoms with Crippen LogP contribution in [0.1, 0.15) is 0 Å². The van der Waals surface area contributed by atoms with Gasteiger partial charge in [0, 0.05) is 14.7 Å². The Morgan fingerprint density at radius 1 is 0.812 bits per heavy atom. The van der Waals surface area contributed by atoms with E-state index in [1.807, 2.05) is 0 Å². The minimum Gasteiger partial charge on any atom is -0.444 e. The molecule has 0 radical (unpaired) electrons. The number of hydrogen-bond acceptors (Lipinski definition) is 5. The van der Waals surface area contributed by atoms with Crippen molar-refractivity contribution in [1.29, 1.82) is 0 Å². The summed E-state index contributed by atoms with van der Waals surface area (Å²) in [7, 11) is -9.33. The highest BCUT2D eigenvalue weighted by Crippen LogP contribution is 2.70. The number of esters is 1. The average Bonchev–Trinajstić information content (AvgIpc) is 2.79. The molecule has 0 aliphatic heterocycles. The van der Waals surface area contributed by atoms with Gasteiger partial charge < -0.3 is 4.74 Å². The van der Waals surface area contributed by atoms with Crippen LogP contribution in [0.3, 0.4) is 0 Å². The topological polar surface area (TPSA) is 69.7 Å². The Kier molecular flexibility index (Phi) is 7.19. The summed E-state index contributed by atoms with van der Waals surface area (Å²) >= 11 is 5.15. The largest absolute Gasteiger partial charge is 0.466 e. The van der Waals surface area contributed by atoms with Gasteiger partial charge in [0.05, 0.1) is 0 Å². The first kappa shape index (κ1) is 24.1. The third kappa shape index (κ3) is 4.49. The molecule has 0 atom stereocenters. The molecule has 170 valence electrons. The van der Waals surface area contributed by atoms with Crippen molar-refractivity contribution in [2.24, 2.45) is 0 Å². The maximum atomic E-state index is 14.6. The number of rotatable bonds is 8. The standard InChI is InChI=1S/C21H16ClF3O5S2/c22-15-29-20(26)21(24,25)32(27,28)30-31(17-7-3-1-4-8-17,18-9-5-2-6-10-18)19-13-11-16(23)12-14-19/h1-14H,15H2. The highest BCUT2D eigenvalue weighted by atomic mass is 35.5. The molecule has 0 unspecified atom stereocenters. The summed E-state index contributed by atoms with van der Waals surface area (Å²) in [5.74, 6) is -3.00. The number of halogens is 4. The zero-order valence-corrected chi connectivity index (χ0v) is 18.5. The predicted molar refractivity (Wildman–Crippen MR) is 113 cm³/mol. The first-order valence-corrected chi connectivity index (χ1v) is 12.4. The van der Waals surface area contributed by atoms with Crippen molar-refractivity contribution in [2.75, 3.05) is 6.07 Å². The maximum Gasteiger partial charge on any atom is 0.466 e. The molecule has 0 N–H and O–H groups in total. The average molecular weight is 505 g/mol. The number of ether oxygens (including phenoxy) is 1. The van der Waals surface area contributed by atoms with Crippen LogP contribution in [-0.4, -0.2) is 25.7 Å². The van der Waals surface area contributed by atoms with Gasteiger partial charge in [-0.1, -0.05) is 48.0 Å². The fraction of sp³-hybridized carbons (Fsp3) is 0.0952. The van der Waals surface area contributed by atoms with E-state index in [1.54, 1.807) is 36.4 Å². The van der Waals surface area contributed by atoms with Crippen molar-refractivity contribution in [3.8, 4) is 0 Å². The van der Waals surface area contributed by atoms with Crippen molar-refractivity contribution >= 4 is 38.0 Å². The minimum absolute atomic E-state index is 0.112. The lowest BCUT2D eigenvalue weighted by Crippen LogP contribution is -2.40. The van der Waals surface area contributed by atoms with Gasteiger partial charge >= 0.3 is 21.3 Å². The Morgan fingerprint density at radius 3 is 1.69 bits per heavy atom. The van der Waals surface area contributed by atoms with Gasteiger partial charge in [0.15, 0.2) is 6.07 Å². The number of benzene rings is 3. The van der Waals surface area contributed by atoms with Crippen LogP contribution in [-0.2, 0) is 23.3 Å². The number of carbonyl (C=O) groups excluding carboxylic acids is 1. The van der Waals surface area contributed by atoms with Crippen molar-refractivity contribution in [2.45, 2.75) is 19.9 Å². The fourth-order valence-electron chi connectivity index (χ4n) is 2.79. The van der Waals surface area contributed by atoms with Crippen LogP contribution in [0.25, 0.3) is 0 Å². The highest BCUT2D eigenvalue weighted by Gasteiger charge is 2.58. The Bertz CT molecular complexity index is 1140. The van der Waals surface area contributed by atoms with E-state index in [1.165, 1.54) is 36.4 Å². The second kappa shape index (κ2) is 9.53. The highest BCUT2D eigenvalue weighted by molar-refractivity contribution is 8.33. The van der Waals surface area contributed by atoms with Crippen LogP contribution in [0.5, 0.6) is 0 Å². The van der Waals surface area contributed by atoms with Gasteiger partial charge in [-0.3, -0.25) is 0 Å². The summed E-state index contributed by atoms with van der Waals surface area (Å²) in [6.45, 7) is 0.